The SMILES string of the molecule is COc1ccc(Cl)cc1CN(C)C(=O)Cc1ccc(Cl)cc1Cl. The number of ether oxygens (including phenoxy) is 1. The largest absolute Gasteiger partial charge is 0.496 e. The van der Waals surface area contributed by atoms with Crippen molar-refractivity contribution in [1.82, 2.24) is 4.90 Å². The van der Waals surface area contributed by atoms with Crippen molar-refractivity contribution < 1.29 is 9.53 Å². The van der Waals surface area contributed by atoms with E-state index < -0.39 is 0 Å². The third kappa shape index (κ3) is 4.77. The van der Waals surface area contributed by atoms with Crippen molar-refractivity contribution in [2.75, 3.05) is 14.2 Å². The number of rotatable bonds is 5. The summed E-state index contributed by atoms with van der Waals surface area (Å²) in [6.07, 6.45) is 0.204. The first kappa shape index (κ1) is 17.9. The van der Waals surface area contributed by atoms with Gasteiger partial charge < -0.3 is 9.64 Å². The number of amides is 1. The molecule has 0 saturated carbocycles. The molecule has 0 N–H and O–H groups in total. The van der Waals surface area contributed by atoms with Crippen molar-refractivity contribution in [3.05, 3.63) is 62.6 Å². The summed E-state index contributed by atoms with van der Waals surface area (Å²) in [5.41, 5.74) is 1.59. The fourth-order valence-corrected chi connectivity index (χ4v) is 2.85. The van der Waals surface area contributed by atoms with Gasteiger partial charge in [-0.15, -0.1) is 0 Å². The summed E-state index contributed by atoms with van der Waals surface area (Å²) in [6, 6.07) is 10.4. The first-order valence-electron chi connectivity index (χ1n) is 6.91. The maximum atomic E-state index is 12.4. The van der Waals surface area contributed by atoms with Crippen LogP contribution in [0.25, 0.3) is 0 Å². The van der Waals surface area contributed by atoms with Crippen molar-refractivity contribution in [2.24, 2.45) is 0 Å². The number of hydrogen-bond acceptors (Lipinski definition) is 2. The summed E-state index contributed by atoms with van der Waals surface area (Å²) in [4.78, 5) is 14.0. The van der Waals surface area contributed by atoms with Crippen molar-refractivity contribution in [2.45, 2.75) is 13.0 Å². The molecule has 0 aromatic heterocycles. The topological polar surface area (TPSA) is 29.5 Å². The molecule has 0 radical (unpaired) electrons. The Bertz CT molecular complexity index is 719. The molecule has 0 aliphatic rings. The Kier molecular flexibility index (Phi) is 6.17. The fraction of sp³-hybridized carbons (Fsp3) is 0.235. The predicted octanol–water partition coefficient (Wildman–Crippen LogP) is 4.86. The lowest BCUT2D eigenvalue weighted by atomic mass is 10.1. The first-order chi connectivity index (χ1) is 10.9. The average Bonchev–Trinajstić information content (AvgIpc) is 2.50. The molecule has 0 bridgehead atoms. The third-order valence-corrected chi connectivity index (χ3v) is 4.25. The van der Waals surface area contributed by atoms with E-state index in [1.54, 1.807) is 55.5 Å². The monoisotopic (exact) mass is 371 g/mol. The van der Waals surface area contributed by atoms with E-state index in [1.807, 2.05) is 0 Å². The standard InChI is InChI=1S/C17H16Cl3NO2/c1-21(10-12-7-13(18)5-6-16(12)23-2)17(22)8-11-3-4-14(19)9-15(11)20/h3-7,9H,8,10H2,1-2H3. The van der Waals surface area contributed by atoms with Crippen LogP contribution in [0.2, 0.25) is 15.1 Å². The number of carbonyl (C=O) groups excluding carboxylic acids is 1. The second-order valence-electron chi connectivity index (χ2n) is 5.12. The molecule has 6 heteroatoms. The summed E-state index contributed by atoms with van der Waals surface area (Å²) in [6.45, 7) is 0.397. The van der Waals surface area contributed by atoms with E-state index >= 15 is 0 Å². The maximum Gasteiger partial charge on any atom is 0.227 e. The van der Waals surface area contributed by atoms with Gasteiger partial charge in [0.15, 0.2) is 0 Å². The zero-order valence-electron chi connectivity index (χ0n) is 12.8. The van der Waals surface area contributed by atoms with Crippen molar-refractivity contribution in [1.29, 1.82) is 0 Å². The van der Waals surface area contributed by atoms with Gasteiger partial charge in [0.05, 0.1) is 13.5 Å². The number of carbonyl (C=O) groups is 1. The van der Waals surface area contributed by atoms with Gasteiger partial charge in [0.25, 0.3) is 0 Å². The molecule has 0 heterocycles. The highest BCUT2D eigenvalue weighted by Crippen LogP contribution is 2.25. The lowest BCUT2D eigenvalue weighted by Gasteiger charge is -2.19. The highest BCUT2D eigenvalue weighted by molar-refractivity contribution is 6.35. The van der Waals surface area contributed by atoms with Gasteiger partial charge in [-0.05, 0) is 35.9 Å². The lowest BCUT2D eigenvalue weighted by molar-refractivity contribution is -0.129. The molecule has 0 aliphatic carbocycles. The number of methoxy groups -OCH3 is 1. The molecule has 0 spiro atoms. The second-order valence-corrected chi connectivity index (χ2v) is 6.40. The molecule has 0 atom stereocenters. The van der Waals surface area contributed by atoms with E-state index in [4.69, 9.17) is 39.5 Å². The van der Waals surface area contributed by atoms with Gasteiger partial charge in [-0.1, -0.05) is 40.9 Å². The van der Waals surface area contributed by atoms with E-state index in [0.29, 0.717) is 27.4 Å². The highest BCUT2D eigenvalue weighted by Gasteiger charge is 2.14. The molecule has 2 aromatic rings. The van der Waals surface area contributed by atoms with Gasteiger partial charge in [-0.3, -0.25) is 4.79 Å². The molecule has 2 aromatic carbocycles. The van der Waals surface area contributed by atoms with Gasteiger partial charge >= 0.3 is 0 Å². The first-order valence-corrected chi connectivity index (χ1v) is 8.04. The van der Waals surface area contributed by atoms with Gasteiger partial charge in [-0.25, -0.2) is 0 Å². The van der Waals surface area contributed by atoms with Crippen LogP contribution >= 0.6 is 34.8 Å². The lowest BCUT2D eigenvalue weighted by Crippen LogP contribution is -2.28. The molecule has 23 heavy (non-hydrogen) atoms. The summed E-state index contributed by atoms with van der Waals surface area (Å²) < 4.78 is 5.30. The number of hydrogen-bond donors (Lipinski definition) is 0. The third-order valence-electron chi connectivity index (χ3n) is 3.43. The summed E-state index contributed by atoms with van der Waals surface area (Å²) >= 11 is 18.0. The number of likely N-dealkylation sites (N-methyl/N-ethyl adjacent to an activating group) is 1. The zero-order chi connectivity index (χ0) is 17.0. The zero-order valence-corrected chi connectivity index (χ0v) is 15.0. The van der Waals surface area contributed by atoms with Crippen LogP contribution in [0, 0.1) is 0 Å². The van der Waals surface area contributed by atoms with E-state index in [2.05, 4.69) is 0 Å². The van der Waals surface area contributed by atoms with Gasteiger partial charge in [0, 0.05) is 34.2 Å². The number of nitrogens with zero attached hydrogens (tertiary/aromatic N) is 1. The van der Waals surface area contributed by atoms with E-state index in [0.717, 1.165) is 11.1 Å². The van der Waals surface area contributed by atoms with Gasteiger partial charge in [-0.2, -0.15) is 0 Å². The molecular weight excluding hydrogens is 357 g/mol. The van der Waals surface area contributed by atoms with Crippen LogP contribution in [-0.4, -0.2) is 25.0 Å². The Morgan fingerprint density at radius 3 is 2.35 bits per heavy atom. The smallest absolute Gasteiger partial charge is 0.227 e. The molecule has 1 amide bonds. The predicted molar refractivity (Wildman–Crippen MR) is 94.6 cm³/mol. The minimum atomic E-state index is -0.0590. The molecular formula is C17H16Cl3NO2. The highest BCUT2D eigenvalue weighted by atomic mass is 35.5. The Morgan fingerprint density at radius 2 is 1.70 bits per heavy atom. The van der Waals surface area contributed by atoms with Crippen LogP contribution in [-0.2, 0) is 17.8 Å². The molecule has 0 fully saturated rings. The van der Waals surface area contributed by atoms with Crippen LogP contribution in [0.4, 0.5) is 0 Å². The van der Waals surface area contributed by atoms with Crippen LogP contribution in [0.3, 0.4) is 0 Å². The van der Waals surface area contributed by atoms with Crippen molar-refractivity contribution >= 4 is 40.7 Å². The summed E-state index contributed by atoms with van der Waals surface area (Å²) in [5, 5.41) is 1.63. The molecule has 2 rings (SSSR count). The minimum Gasteiger partial charge on any atom is -0.496 e. The van der Waals surface area contributed by atoms with Crippen LogP contribution in [0.15, 0.2) is 36.4 Å². The van der Waals surface area contributed by atoms with E-state index in [1.165, 1.54) is 0 Å². The fourth-order valence-electron chi connectivity index (χ4n) is 2.18. The summed E-state index contributed by atoms with van der Waals surface area (Å²) in [5.74, 6) is 0.634. The second kappa shape index (κ2) is 7.91. The Balaban J connectivity index is 2.10. The minimum absolute atomic E-state index is 0.0590. The van der Waals surface area contributed by atoms with Gasteiger partial charge in [0.1, 0.15) is 5.75 Å². The number of halogens is 3. The van der Waals surface area contributed by atoms with Crippen LogP contribution < -0.4 is 4.74 Å². The average molecular weight is 373 g/mol. The molecule has 0 aliphatic heterocycles. The Hall–Kier alpha value is -1.42. The van der Waals surface area contributed by atoms with Crippen LogP contribution in [0.1, 0.15) is 11.1 Å². The molecule has 0 saturated heterocycles. The van der Waals surface area contributed by atoms with E-state index in [-0.39, 0.29) is 12.3 Å². The van der Waals surface area contributed by atoms with Crippen LogP contribution in [0.5, 0.6) is 5.75 Å². The Labute approximate surface area is 150 Å². The van der Waals surface area contributed by atoms with Crippen molar-refractivity contribution in [3.8, 4) is 5.75 Å². The van der Waals surface area contributed by atoms with E-state index in [9.17, 15) is 4.79 Å². The number of benzene rings is 2. The Morgan fingerprint density at radius 1 is 1.04 bits per heavy atom. The normalized spacial score (nSPS) is 10.5. The summed E-state index contributed by atoms with van der Waals surface area (Å²) in [7, 11) is 3.31. The maximum absolute atomic E-state index is 12.4. The molecule has 3 nitrogen and oxygen atoms in total. The molecule has 122 valence electrons. The van der Waals surface area contributed by atoms with Crippen molar-refractivity contribution in [3.63, 3.8) is 0 Å². The molecule has 0 unspecified atom stereocenters. The quantitative estimate of drug-likeness (QED) is 0.750. The van der Waals surface area contributed by atoms with Gasteiger partial charge in [0.2, 0.25) is 5.91 Å².